The maximum Gasteiger partial charge on any atom is 0.221 e. The molecule has 1 saturated heterocycles. The third-order valence-corrected chi connectivity index (χ3v) is 5.95. The van der Waals surface area contributed by atoms with E-state index in [1.165, 1.54) is 0 Å². The van der Waals surface area contributed by atoms with Crippen molar-refractivity contribution >= 4 is 0 Å². The Balaban J connectivity index is 1.52. The van der Waals surface area contributed by atoms with Gasteiger partial charge in [0.05, 0.1) is 26.4 Å². The number of methoxy groups -OCH3 is 1. The molecule has 180 valence electrons. The lowest BCUT2D eigenvalue weighted by Crippen LogP contribution is -2.50. The van der Waals surface area contributed by atoms with E-state index in [0.717, 1.165) is 16.7 Å². The summed E-state index contributed by atoms with van der Waals surface area (Å²) in [6.07, 6.45) is -1.78. The van der Waals surface area contributed by atoms with Crippen LogP contribution in [0.5, 0.6) is 0 Å². The molecule has 34 heavy (non-hydrogen) atoms. The average Bonchev–Trinajstić information content (AvgIpc) is 3.20. The SMILES string of the molecule is CO[C@@]1(COCc2ccccc2)O[C@H](CO)[C@@H](OCc2ccccc2)[C@@H]1OCc1ccccc1. The van der Waals surface area contributed by atoms with E-state index in [4.69, 9.17) is 23.7 Å². The van der Waals surface area contributed by atoms with Gasteiger partial charge in [-0.25, -0.2) is 0 Å². The van der Waals surface area contributed by atoms with Gasteiger partial charge in [-0.1, -0.05) is 91.0 Å². The second-order valence-electron chi connectivity index (χ2n) is 8.31. The molecule has 0 unspecified atom stereocenters. The van der Waals surface area contributed by atoms with Gasteiger partial charge >= 0.3 is 0 Å². The zero-order valence-corrected chi connectivity index (χ0v) is 19.4. The first-order chi connectivity index (χ1) is 16.7. The van der Waals surface area contributed by atoms with E-state index in [-0.39, 0.29) is 13.2 Å². The van der Waals surface area contributed by atoms with Crippen LogP contribution in [0.1, 0.15) is 16.7 Å². The standard InChI is InChI=1S/C28H32O6/c1-30-28(21-31-18-22-11-5-2-6-12-22)27(33-20-24-15-9-4-10-16-24)26(25(17-29)34-28)32-19-23-13-7-3-8-14-23/h2-16,25-27,29H,17-21H2,1H3/t25-,26-,27+,28+/m1/s1. The monoisotopic (exact) mass is 464 g/mol. The van der Waals surface area contributed by atoms with Crippen LogP contribution in [-0.4, -0.2) is 49.5 Å². The van der Waals surface area contributed by atoms with E-state index in [0.29, 0.717) is 19.8 Å². The molecular weight excluding hydrogens is 432 g/mol. The van der Waals surface area contributed by atoms with Crippen LogP contribution >= 0.6 is 0 Å². The molecule has 1 N–H and O–H groups in total. The van der Waals surface area contributed by atoms with Crippen LogP contribution in [0.2, 0.25) is 0 Å². The number of aliphatic hydroxyl groups is 1. The van der Waals surface area contributed by atoms with Crippen LogP contribution in [0.25, 0.3) is 0 Å². The smallest absolute Gasteiger partial charge is 0.221 e. The number of aliphatic hydroxyl groups excluding tert-OH is 1. The predicted octanol–water partition coefficient (Wildman–Crippen LogP) is 4.11. The maximum absolute atomic E-state index is 10.1. The van der Waals surface area contributed by atoms with E-state index in [2.05, 4.69) is 0 Å². The second-order valence-corrected chi connectivity index (χ2v) is 8.31. The van der Waals surface area contributed by atoms with E-state index < -0.39 is 24.1 Å². The highest BCUT2D eigenvalue weighted by Gasteiger charge is 2.57. The lowest BCUT2D eigenvalue weighted by Gasteiger charge is -2.33. The largest absolute Gasteiger partial charge is 0.394 e. The van der Waals surface area contributed by atoms with Gasteiger partial charge in [0.2, 0.25) is 5.79 Å². The van der Waals surface area contributed by atoms with Crippen LogP contribution in [0.4, 0.5) is 0 Å². The summed E-state index contributed by atoms with van der Waals surface area (Å²) in [5.41, 5.74) is 3.09. The van der Waals surface area contributed by atoms with Crippen molar-refractivity contribution in [2.75, 3.05) is 20.3 Å². The van der Waals surface area contributed by atoms with Gasteiger partial charge in [0.25, 0.3) is 0 Å². The van der Waals surface area contributed by atoms with Crippen molar-refractivity contribution in [1.29, 1.82) is 0 Å². The molecule has 1 aliphatic heterocycles. The number of hydrogen-bond donors (Lipinski definition) is 1. The molecule has 0 amide bonds. The highest BCUT2D eigenvalue weighted by Crippen LogP contribution is 2.37. The number of ether oxygens (including phenoxy) is 5. The van der Waals surface area contributed by atoms with Crippen LogP contribution < -0.4 is 0 Å². The summed E-state index contributed by atoms with van der Waals surface area (Å²) in [7, 11) is 1.57. The predicted molar refractivity (Wildman–Crippen MR) is 128 cm³/mol. The minimum atomic E-state index is -1.22. The van der Waals surface area contributed by atoms with Gasteiger partial charge < -0.3 is 28.8 Å². The summed E-state index contributed by atoms with van der Waals surface area (Å²) in [6.45, 7) is 1.01. The fourth-order valence-electron chi connectivity index (χ4n) is 4.14. The minimum absolute atomic E-state index is 0.125. The van der Waals surface area contributed by atoms with Crippen molar-refractivity contribution in [1.82, 2.24) is 0 Å². The topological polar surface area (TPSA) is 66.4 Å². The van der Waals surface area contributed by atoms with Crippen LogP contribution in [0.3, 0.4) is 0 Å². The fourth-order valence-corrected chi connectivity index (χ4v) is 4.14. The molecule has 3 aromatic carbocycles. The van der Waals surface area contributed by atoms with Gasteiger partial charge in [-0.15, -0.1) is 0 Å². The Morgan fingerprint density at radius 2 is 1.24 bits per heavy atom. The molecule has 1 aliphatic rings. The van der Waals surface area contributed by atoms with E-state index in [1.807, 2.05) is 91.0 Å². The molecule has 1 fully saturated rings. The quantitative estimate of drug-likeness (QED) is 0.435. The Morgan fingerprint density at radius 1 is 0.735 bits per heavy atom. The maximum atomic E-state index is 10.1. The molecule has 0 bridgehead atoms. The van der Waals surface area contributed by atoms with Crippen LogP contribution in [0, 0.1) is 0 Å². The average molecular weight is 465 g/mol. The molecule has 0 spiro atoms. The minimum Gasteiger partial charge on any atom is -0.394 e. The third kappa shape index (κ3) is 6.10. The van der Waals surface area contributed by atoms with Crippen molar-refractivity contribution in [2.24, 2.45) is 0 Å². The molecule has 0 saturated carbocycles. The van der Waals surface area contributed by atoms with Crippen molar-refractivity contribution in [3.05, 3.63) is 108 Å². The third-order valence-electron chi connectivity index (χ3n) is 5.95. The first kappa shape index (κ1) is 24.5. The van der Waals surface area contributed by atoms with Crippen LogP contribution in [-0.2, 0) is 43.5 Å². The molecule has 1 heterocycles. The normalized spacial score (nSPS) is 24.4. The van der Waals surface area contributed by atoms with Crippen molar-refractivity contribution in [3.8, 4) is 0 Å². The molecular formula is C28H32O6. The lowest BCUT2D eigenvalue weighted by atomic mass is 10.0. The number of hydrogen-bond acceptors (Lipinski definition) is 6. The zero-order valence-electron chi connectivity index (χ0n) is 19.4. The highest BCUT2D eigenvalue weighted by molar-refractivity contribution is 5.15. The van der Waals surface area contributed by atoms with Gasteiger partial charge in [-0.05, 0) is 16.7 Å². The molecule has 4 atom stereocenters. The summed E-state index contributed by atoms with van der Waals surface area (Å²) in [4.78, 5) is 0. The summed E-state index contributed by atoms with van der Waals surface area (Å²) in [5, 5.41) is 10.1. The zero-order chi connectivity index (χ0) is 23.6. The molecule has 6 nitrogen and oxygen atoms in total. The molecule has 0 aromatic heterocycles. The summed E-state index contributed by atoms with van der Waals surface area (Å²) in [6, 6.07) is 29.7. The number of rotatable bonds is 12. The summed E-state index contributed by atoms with van der Waals surface area (Å²) in [5.74, 6) is -1.22. The second kappa shape index (κ2) is 12.2. The highest BCUT2D eigenvalue weighted by atomic mass is 16.8. The van der Waals surface area contributed by atoms with Gasteiger partial charge in [-0.2, -0.15) is 0 Å². The van der Waals surface area contributed by atoms with Gasteiger partial charge in [0.1, 0.15) is 24.9 Å². The fraction of sp³-hybridized carbons (Fsp3) is 0.357. The van der Waals surface area contributed by atoms with E-state index >= 15 is 0 Å². The van der Waals surface area contributed by atoms with Gasteiger partial charge in [-0.3, -0.25) is 0 Å². The Hall–Kier alpha value is -2.58. The Labute approximate surface area is 201 Å². The lowest BCUT2D eigenvalue weighted by molar-refractivity contribution is -0.280. The summed E-state index contributed by atoms with van der Waals surface area (Å²) < 4.78 is 30.8. The first-order valence-electron chi connectivity index (χ1n) is 11.5. The summed E-state index contributed by atoms with van der Waals surface area (Å²) >= 11 is 0. The number of benzene rings is 3. The Kier molecular flexibility index (Phi) is 8.82. The van der Waals surface area contributed by atoms with E-state index in [9.17, 15) is 5.11 Å². The molecule has 0 aliphatic carbocycles. The molecule has 3 aromatic rings. The van der Waals surface area contributed by atoms with Gasteiger partial charge in [0, 0.05) is 7.11 Å². The van der Waals surface area contributed by atoms with Crippen molar-refractivity contribution in [3.63, 3.8) is 0 Å². The Morgan fingerprint density at radius 3 is 1.74 bits per heavy atom. The first-order valence-corrected chi connectivity index (χ1v) is 11.5. The van der Waals surface area contributed by atoms with Gasteiger partial charge in [0.15, 0.2) is 0 Å². The molecule has 0 radical (unpaired) electrons. The van der Waals surface area contributed by atoms with E-state index in [1.54, 1.807) is 7.11 Å². The van der Waals surface area contributed by atoms with Crippen molar-refractivity contribution < 1.29 is 28.8 Å². The Bertz CT molecular complexity index is 968. The molecule has 6 heteroatoms. The van der Waals surface area contributed by atoms with Crippen molar-refractivity contribution in [2.45, 2.75) is 43.9 Å². The molecule has 4 rings (SSSR count). The van der Waals surface area contributed by atoms with Crippen LogP contribution in [0.15, 0.2) is 91.0 Å².